The molecule has 146 valence electrons. The molecule has 0 amide bonds. The lowest BCUT2D eigenvalue weighted by molar-refractivity contribution is -0.159. The molecule has 0 fully saturated rings. The molecule has 0 radical (unpaired) electrons. The van der Waals surface area contributed by atoms with Crippen LogP contribution in [-0.2, 0) is 23.9 Å². The molecule has 0 rings (SSSR count). The van der Waals surface area contributed by atoms with Gasteiger partial charge < -0.3 is 24.8 Å². The van der Waals surface area contributed by atoms with E-state index in [4.69, 9.17) is 14.9 Å². The molecule has 8 heteroatoms. The van der Waals surface area contributed by atoms with Crippen LogP contribution in [0.4, 0.5) is 0 Å². The van der Waals surface area contributed by atoms with Gasteiger partial charge in [0.15, 0.2) is 6.10 Å². The molecule has 0 saturated carbocycles. The Hall–Kier alpha value is -1.67. The lowest BCUT2D eigenvalue weighted by Crippen LogP contribution is -2.28. The Bertz CT molecular complexity index is 396. The monoisotopic (exact) mass is 362 g/mol. The third-order valence-electron chi connectivity index (χ3n) is 3.50. The predicted molar refractivity (Wildman–Crippen MR) is 88.8 cm³/mol. The van der Waals surface area contributed by atoms with Gasteiger partial charge in [0.25, 0.3) is 0 Å². The number of rotatable bonds is 15. The summed E-state index contributed by atoms with van der Waals surface area (Å²) in [4.78, 5) is 33.1. The molecule has 0 aliphatic carbocycles. The highest BCUT2D eigenvalue weighted by Gasteiger charge is 2.19. The van der Waals surface area contributed by atoms with E-state index < -0.39 is 43.1 Å². The van der Waals surface area contributed by atoms with Gasteiger partial charge in [0.1, 0.15) is 19.3 Å². The minimum absolute atomic E-state index is 0.283. The van der Waals surface area contributed by atoms with E-state index in [-0.39, 0.29) is 13.0 Å². The van der Waals surface area contributed by atoms with Gasteiger partial charge in [0.05, 0.1) is 6.42 Å². The molecule has 0 aromatic heterocycles. The van der Waals surface area contributed by atoms with Gasteiger partial charge >= 0.3 is 17.9 Å². The van der Waals surface area contributed by atoms with Gasteiger partial charge in [-0.25, -0.2) is 4.79 Å². The van der Waals surface area contributed by atoms with Crippen LogP contribution in [0.15, 0.2) is 0 Å². The second-order valence-corrected chi connectivity index (χ2v) is 5.95. The van der Waals surface area contributed by atoms with Crippen LogP contribution in [0.25, 0.3) is 0 Å². The quantitative estimate of drug-likeness (QED) is 0.294. The molecular weight excluding hydrogens is 332 g/mol. The molecule has 0 aliphatic heterocycles. The SMILES string of the molecule is CCCCCCCCCC(=O)OCC(O)COC(=O)C[C@H](O)C(=O)O. The highest BCUT2D eigenvalue weighted by atomic mass is 16.6. The lowest BCUT2D eigenvalue weighted by atomic mass is 10.1. The smallest absolute Gasteiger partial charge is 0.333 e. The zero-order valence-corrected chi connectivity index (χ0v) is 14.8. The number of esters is 2. The third kappa shape index (κ3) is 14.4. The van der Waals surface area contributed by atoms with Gasteiger partial charge in [-0.05, 0) is 6.42 Å². The molecule has 0 aromatic carbocycles. The summed E-state index contributed by atoms with van der Waals surface area (Å²) in [5.74, 6) is -2.90. The maximum absolute atomic E-state index is 11.5. The second-order valence-electron chi connectivity index (χ2n) is 5.95. The van der Waals surface area contributed by atoms with Crippen molar-refractivity contribution in [3.05, 3.63) is 0 Å². The molecule has 1 unspecified atom stereocenters. The predicted octanol–water partition coefficient (Wildman–Crippen LogP) is 1.41. The van der Waals surface area contributed by atoms with Gasteiger partial charge in [-0.3, -0.25) is 9.59 Å². The summed E-state index contributed by atoms with van der Waals surface area (Å²) in [5.41, 5.74) is 0. The number of aliphatic hydroxyl groups is 2. The average Bonchev–Trinajstić information content (AvgIpc) is 2.57. The third-order valence-corrected chi connectivity index (χ3v) is 3.50. The Morgan fingerprint density at radius 2 is 1.36 bits per heavy atom. The van der Waals surface area contributed by atoms with Crippen LogP contribution >= 0.6 is 0 Å². The molecule has 0 heterocycles. The van der Waals surface area contributed by atoms with Crippen molar-refractivity contribution in [1.82, 2.24) is 0 Å². The zero-order valence-electron chi connectivity index (χ0n) is 14.8. The topological polar surface area (TPSA) is 130 Å². The van der Waals surface area contributed by atoms with Gasteiger partial charge in [0.2, 0.25) is 0 Å². The van der Waals surface area contributed by atoms with Gasteiger partial charge in [-0.15, -0.1) is 0 Å². The fraction of sp³-hybridized carbons (Fsp3) is 0.824. The molecule has 0 bridgehead atoms. The van der Waals surface area contributed by atoms with Crippen LogP contribution in [0.1, 0.15) is 64.7 Å². The van der Waals surface area contributed by atoms with Gasteiger partial charge in [-0.2, -0.15) is 0 Å². The minimum atomic E-state index is -1.84. The summed E-state index contributed by atoms with van der Waals surface area (Å²) < 4.78 is 9.48. The first-order valence-corrected chi connectivity index (χ1v) is 8.77. The van der Waals surface area contributed by atoms with E-state index in [1.54, 1.807) is 0 Å². The molecule has 25 heavy (non-hydrogen) atoms. The number of aliphatic hydroxyl groups excluding tert-OH is 2. The van der Waals surface area contributed by atoms with Crippen LogP contribution < -0.4 is 0 Å². The summed E-state index contributed by atoms with van der Waals surface area (Å²) in [7, 11) is 0. The van der Waals surface area contributed by atoms with Crippen LogP contribution in [-0.4, -0.2) is 58.6 Å². The molecule has 2 atom stereocenters. The van der Waals surface area contributed by atoms with Crippen LogP contribution in [0.2, 0.25) is 0 Å². The Labute approximate surface area is 148 Å². The number of hydrogen-bond donors (Lipinski definition) is 3. The van der Waals surface area contributed by atoms with E-state index in [1.165, 1.54) is 25.7 Å². The maximum atomic E-state index is 11.5. The fourth-order valence-electron chi connectivity index (χ4n) is 2.03. The summed E-state index contributed by atoms with van der Waals surface area (Å²) in [5, 5.41) is 26.9. The number of unbranched alkanes of at least 4 members (excludes halogenated alkanes) is 6. The largest absolute Gasteiger partial charge is 0.479 e. The first-order chi connectivity index (χ1) is 11.9. The first-order valence-electron chi connectivity index (χ1n) is 8.77. The van der Waals surface area contributed by atoms with Gasteiger partial charge in [-0.1, -0.05) is 45.4 Å². The van der Waals surface area contributed by atoms with Crippen molar-refractivity contribution in [1.29, 1.82) is 0 Å². The first kappa shape index (κ1) is 23.3. The summed E-state index contributed by atoms with van der Waals surface area (Å²) >= 11 is 0. The highest BCUT2D eigenvalue weighted by Crippen LogP contribution is 2.09. The number of carboxylic acids is 1. The number of carbonyl (C=O) groups excluding carboxylic acids is 2. The fourth-order valence-corrected chi connectivity index (χ4v) is 2.03. The summed E-state index contributed by atoms with van der Waals surface area (Å²) in [6, 6.07) is 0. The standard InChI is InChI=1S/C17H30O8/c1-2-3-4-5-6-7-8-9-15(20)24-11-13(18)12-25-16(21)10-14(19)17(22)23/h13-14,18-19H,2-12H2,1H3,(H,22,23)/t13?,14-/m0/s1. The Kier molecular flexibility index (Phi) is 13.7. The Morgan fingerprint density at radius 1 is 0.840 bits per heavy atom. The van der Waals surface area contributed by atoms with Crippen LogP contribution in [0.3, 0.4) is 0 Å². The molecular formula is C17H30O8. The van der Waals surface area contributed by atoms with E-state index in [2.05, 4.69) is 11.7 Å². The number of ether oxygens (including phenoxy) is 2. The van der Waals surface area contributed by atoms with E-state index >= 15 is 0 Å². The van der Waals surface area contributed by atoms with Crippen molar-refractivity contribution in [3.8, 4) is 0 Å². The number of aliphatic carboxylic acids is 1. The van der Waals surface area contributed by atoms with Crippen molar-refractivity contribution < 1.29 is 39.2 Å². The molecule has 3 N–H and O–H groups in total. The van der Waals surface area contributed by atoms with Crippen molar-refractivity contribution in [3.63, 3.8) is 0 Å². The van der Waals surface area contributed by atoms with Gasteiger partial charge in [0, 0.05) is 6.42 Å². The normalized spacial score (nSPS) is 13.1. The summed E-state index contributed by atoms with van der Waals surface area (Å²) in [6.45, 7) is 1.42. The number of carbonyl (C=O) groups is 3. The minimum Gasteiger partial charge on any atom is -0.479 e. The van der Waals surface area contributed by atoms with E-state index in [0.29, 0.717) is 0 Å². The molecule has 8 nitrogen and oxygen atoms in total. The van der Waals surface area contributed by atoms with Crippen molar-refractivity contribution in [2.24, 2.45) is 0 Å². The average molecular weight is 362 g/mol. The summed E-state index contributed by atoms with van der Waals surface area (Å²) in [6.07, 6.45) is 4.16. The van der Waals surface area contributed by atoms with Crippen molar-refractivity contribution in [2.45, 2.75) is 76.9 Å². The van der Waals surface area contributed by atoms with Crippen molar-refractivity contribution in [2.75, 3.05) is 13.2 Å². The number of hydrogen-bond acceptors (Lipinski definition) is 7. The molecule has 0 aromatic rings. The van der Waals surface area contributed by atoms with Crippen LogP contribution in [0.5, 0.6) is 0 Å². The molecule has 0 aliphatic rings. The van der Waals surface area contributed by atoms with Crippen LogP contribution in [0, 0.1) is 0 Å². The van der Waals surface area contributed by atoms with E-state index in [0.717, 1.165) is 19.3 Å². The number of carboxylic acid groups (broad SMARTS) is 1. The maximum Gasteiger partial charge on any atom is 0.333 e. The molecule has 0 saturated heterocycles. The Balaban J connectivity index is 3.63. The highest BCUT2D eigenvalue weighted by molar-refractivity contribution is 5.80. The second kappa shape index (κ2) is 14.7. The lowest BCUT2D eigenvalue weighted by Gasteiger charge is -2.12. The van der Waals surface area contributed by atoms with E-state index in [1.807, 2.05) is 0 Å². The van der Waals surface area contributed by atoms with Crippen molar-refractivity contribution >= 4 is 17.9 Å². The van der Waals surface area contributed by atoms with E-state index in [9.17, 15) is 19.5 Å². The zero-order chi connectivity index (χ0) is 19.1. The Morgan fingerprint density at radius 3 is 1.92 bits per heavy atom. The molecule has 0 spiro atoms.